The van der Waals surface area contributed by atoms with E-state index in [1.807, 2.05) is 42.1 Å². The molecule has 0 unspecified atom stereocenters. The summed E-state index contributed by atoms with van der Waals surface area (Å²) < 4.78 is 1.99. The van der Waals surface area contributed by atoms with Gasteiger partial charge in [-0.15, -0.1) is 11.8 Å². The summed E-state index contributed by atoms with van der Waals surface area (Å²) in [5.41, 5.74) is 2.32. The molecular formula is C20H23N3OS. The largest absolute Gasteiger partial charge is 0.352 e. The third kappa shape index (κ3) is 4.42. The highest BCUT2D eigenvalue weighted by atomic mass is 32.2. The maximum atomic E-state index is 12.2. The van der Waals surface area contributed by atoms with Gasteiger partial charge in [0.15, 0.2) is 0 Å². The summed E-state index contributed by atoms with van der Waals surface area (Å²) in [5.74, 6) is 0.925. The summed E-state index contributed by atoms with van der Waals surface area (Å²) in [6.07, 6.45) is 4.72. The van der Waals surface area contributed by atoms with Gasteiger partial charge in [-0.25, -0.2) is 4.98 Å². The Kier molecular flexibility index (Phi) is 5.76. The summed E-state index contributed by atoms with van der Waals surface area (Å²) in [6.45, 7) is 4.42. The van der Waals surface area contributed by atoms with E-state index in [1.54, 1.807) is 11.8 Å². The monoisotopic (exact) mass is 353 g/mol. The average Bonchev–Trinajstić information content (AvgIpc) is 3.04. The first-order chi connectivity index (χ1) is 12.2. The van der Waals surface area contributed by atoms with E-state index in [4.69, 9.17) is 0 Å². The minimum atomic E-state index is 0.0437. The number of amides is 1. The van der Waals surface area contributed by atoms with Crippen molar-refractivity contribution < 1.29 is 4.79 Å². The molecule has 2 aromatic heterocycles. The Bertz CT molecular complexity index is 845. The number of benzene rings is 1. The molecule has 0 fully saturated rings. The van der Waals surface area contributed by atoms with Crippen molar-refractivity contribution in [3.8, 4) is 0 Å². The summed E-state index contributed by atoms with van der Waals surface area (Å²) in [4.78, 5) is 16.7. The molecule has 4 nitrogen and oxygen atoms in total. The number of nitrogens with one attached hydrogen (secondary N) is 1. The van der Waals surface area contributed by atoms with Crippen LogP contribution in [0.5, 0.6) is 0 Å². The molecule has 25 heavy (non-hydrogen) atoms. The first-order valence-corrected chi connectivity index (χ1v) is 9.56. The summed E-state index contributed by atoms with van der Waals surface area (Å²) in [5, 5.41) is 5.11. The van der Waals surface area contributed by atoms with E-state index in [9.17, 15) is 4.79 Å². The molecule has 3 aromatic rings. The van der Waals surface area contributed by atoms with Crippen LogP contribution in [0, 0.1) is 0 Å². The molecule has 0 saturated carbocycles. The third-order valence-corrected chi connectivity index (χ3v) is 5.29. The number of aromatic nitrogens is 2. The standard InChI is InChI=1S/C20H23N3OS/c1-3-15(2)22-19(24)13-23-12-10-17-18(23)9-11-21-20(17)25-14-16-7-5-4-6-8-16/h4-12,15H,3,13-14H2,1-2H3,(H,22,24)/t15-/m1/s1. The molecular weight excluding hydrogens is 330 g/mol. The molecule has 1 N–H and O–H groups in total. The van der Waals surface area contributed by atoms with Crippen LogP contribution in [0.1, 0.15) is 25.8 Å². The molecule has 1 aromatic carbocycles. The molecule has 2 heterocycles. The second kappa shape index (κ2) is 8.21. The Morgan fingerprint density at radius 3 is 2.80 bits per heavy atom. The van der Waals surface area contributed by atoms with Gasteiger partial charge in [-0.3, -0.25) is 4.79 Å². The van der Waals surface area contributed by atoms with E-state index < -0.39 is 0 Å². The number of nitrogens with zero attached hydrogens (tertiary/aromatic N) is 2. The predicted octanol–water partition coefficient (Wildman–Crippen LogP) is 4.24. The van der Waals surface area contributed by atoms with Crippen molar-refractivity contribution in [1.29, 1.82) is 0 Å². The Hall–Kier alpha value is -2.27. The second-order valence-electron chi connectivity index (χ2n) is 6.14. The molecule has 3 rings (SSSR count). The van der Waals surface area contributed by atoms with Gasteiger partial charge in [0.25, 0.3) is 0 Å². The van der Waals surface area contributed by atoms with Crippen LogP contribution in [0.3, 0.4) is 0 Å². The van der Waals surface area contributed by atoms with E-state index in [-0.39, 0.29) is 11.9 Å². The van der Waals surface area contributed by atoms with Crippen molar-refractivity contribution in [3.05, 3.63) is 60.4 Å². The molecule has 0 spiro atoms. The van der Waals surface area contributed by atoms with Crippen molar-refractivity contribution in [2.45, 2.75) is 43.6 Å². The fraction of sp³-hybridized carbons (Fsp3) is 0.300. The van der Waals surface area contributed by atoms with Gasteiger partial charge >= 0.3 is 0 Å². The van der Waals surface area contributed by atoms with Gasteiger partial charge in [0.1, 0.15) is 11.6 Å². The van der Waals surface area contributed by atoms with Gasteiger partial charge < -0.3 is 9.88 Å². The molecule has 0 bridgehead atoms. The summed E-state index contributed by atoms with van der Waals surface area (Å²) in [6, 6.07) is 14.6. The van der Waals surface area contributed by atoms with Crippen LogP contribution in [-0.4, -0.2) is 21.5 Å². The zero-order chi connectivity index (χ0) is 17.6. The maximum Gasteiger partial charge on any atom is 0.240 e. The number of carbonyl (C=O) groups is 1. The van der Waals surface area contributed by atoms with Crippen molar-refractivity contribution in [2.24, 2.45) is 0 Å². The van der Waals surface area contributed by atoms with E-state index in [2.05, 4.69) is 41.5 Å². The highest BCUT2D eigenvalue weighted by molar-refractivity contribution is 7.98. The summed E-state index contributed by atoms with van der Waals surface area (Å²) >= 11 is 1.72. The minimum Gasteiger partial charge on any atom is -0.352 e. The van der Waals surface area contributed by atoms with Crippen LogP contribution in [0.25, 0.3) is 10.9 Å². The topological polar surface area (TPSA) is 46.9 Å². The molecule has 1 amide bonds. The Labute approximate surface area is 152 Å². The zero-order valence-corrected chi connectivity index (χ0v) is 15.4. The smallest absolute Gasteiger partial charge is 0.240 e. The Balaban J connectivity index is 1.74. The van der Waals surface area contributed by atoms with Gasteiger partial charge in [0.2, 0.25) is 5.91 Å². The van der Waals surface area contributed by atoms with Crippen LogP contribution >= 0.6 is 11.8 Å². The molecule has 0 aliphatic heterocycles. The first-order valence-electron chi connectivity index (χ1n) is 8.57. The highest BCUT2D eigenvalue weighted by Gasteiger charge is 2.11. The normalized spacial score (nSPS) is 12.2. The van der Waals surface area contributed by atoms with Gasteiger partial charge in [0, 0.05) is 29.6 Å². The lowest BCUT2D eigenvalue weighted by Crippen LogP contribution is -2.34. The van der Waals surface area contributed by atoms with Gasteiger partial charge in [0.05, 0.1) is 5.52 Å². The molecule has 130 valence electrons. The third-order valence-electron chi connectivity index (χ3n) is 4.21. The van der Waals surface area contributed by atoms with Crippen LogP contribution in [0.2, 0.25) is 0 Å². The maximum absolute atomic E-state index is 12.2. The number of pyridine rings is 1. The van der Waals surface area contributed by atoms with Crippen LogP contribution < -0.4 is 5.32 Å². The van der Waals surface area contributed by atoms with Crippen molar-refractivity contribution >= 4 is 28.6 Å². The lowest BCUT2D eigenvalue weighted by molar-refractivity contribution is -0.122. The second-order valence-corrected chi connectivity index (χ2v) is 7.11. The molecule has 5 heteroatoms. The van der Waals surface area contributed by atoms with Crippen LogP contribution in [0.15, 0.2) is 59.9 Å². The zero-order valence-electron chi connectivity index (χ0n) is 14.6. The van der Waals surface area contributed by atoms with Crippen molar-refractivity contribution in [2.75, 3.05) is 0 Å². The lowest BCUT2D eigenvalue weighted by atomic mass is 10.2. The molecule has 0 saturated heterocycles. The number of fused-ring (bicyclic) bond motifs is 1. The number of carbonyl (C=O) groups excluding carboxylic acids is 1. The number of thioether (sulfide) groups is 1. The van der Waals surface area contributed by atoms with Crippen LogP contribution in [0.4, 0.5) is 0 Å². The minimum absolute atomic E-state index is 0.0437. The first kappa shape index (κ1) is 17.5. The summed E-state index contributed by atoms with van der Waals surface area (Å²) in [7, 11) is 0. The van der Waals surface area contributed by atoms with Crippen molar-refractivity contribution in [1.82, 2.24) is 14.9 Å². The highest BCUT2D eigenvalue weighted by Crippen LogP contribution is 2.29. The fourth-order valence-corrected chi connectivity index (χ4v) is 3.61. The van der Waals surface area contributed by atoms with Gasteiger partial charge in [-0.05, 0) is 31.0 Å². The van der Waals surface area contributed by atoms with Gasteiger partial charge in [-0.2, -0.15) is 0 Å². The van der Waals surface area contributed by atoms with E-state index >= 15 is 0 Å². The number of rotatable bonds is 7. The average molecular weight is 353 g/mol. The Morgan fingerprint density at radius 1 is 1.24 bits per heavy atom. The van der Waals surface area contributed by atoms with Crippen molar-refractivity contribution in [3.63, 3.8) is 0 Å². The predicted molar refractivity (Wildman–Crippen MR) is 104 cm³/mol. The molecule has 0 radical (unpaired) electrons. The van der Waals surface area contributed by atoms with E-state index in [0.717, 1.165) is 28.1 Å². The molecule has 0 aliphatic rings. The van der Waals surface area contributed by atoms with E-state index in [0.29, 0.717) is 6.54 Å². The lowest BCUT2D eigenvalue weighted by Gasteiger charge is -2.12. The molecule has 0 aliphatic carbocycles. The SMILES string of the molecule is CC[C@@H](C)NC(=O)Cn1ccc2c(SCc3ccccc3)nccc21. The Morgan fingerprint density at radius 2 is 2.04 bits per heavy atom. The fourth-order valence-electron chi connectivity index (χ4n) is 2.65. The van der Waals surface area contributed by atoms with E-state index in [1.165, 1.54) is 5.56 Å². The van der Waals surface area contributed by atoms with Crippen LogP contribution in [-0.2, 0) is 17.1 Å². The van der Waals surface area contributed by atoms with Gasteiger partial charge in [-0.1, -0.05) is 37.3 Å². The number of hydrogen-bond donors (Lipinski definition) is 1. The molecule has 1 atom stereocenters. The number of hydrogen-bond acceptors (Lipinski definition) is 3. The quantitative estimate of drug-likeness (QED) is 0.646.